The van der Waals surface area contributed by atoms with Crippen LogP contribution in [0.15, 0.2) is 77.8 Å². The standard InChI is InChI=1S/C25H25N3O3S/c1-25(2,28-32(30,31)21-10-9-18-5-3-4-6-19(18)16-21)23(29)12-8-17-7-11-22-20(15-17)13-14-27-24(22)26/h3-7,9-11,13-16,28H,8,12H2,1-2H3,(H2,26,27). The molecule has 0 aliphatic rings. The lowest BCUT2D eigenvalue weighted by atomic mass is 9.94. The van der Waals surface area contributed by atoms with E-state index in [0.717, 1.165) is 27.1 Å². The number of aromatic nitrogens is 1. The first-order valence-corrected chi connectivity index (χ1v) is 11.8. The molecule has 0 spiro atoms. The number of nitrogen functional groups attached to an aromatic ring is 1. The maximum atomic E-state index is 13.0. The number of nitrogens with zero attached hydrogens (tertiary/aromatic N) is 1. The van der Waals surface area contributed by atoms with Crippen molar-refractivity contribution in [3.63, 3.8) is 0 Å². The number of benzene rings is 3. The normalized spacial score (nSPS) is 12.3. The summed E-state index contributed by atoms with van der Waals surface area (Å²) < 4.78 is 28.5. The highest BCUT2D eigenvalue weighted by atomic mass is 32.2. The second kappa shape index (κ2) is 8.33. The number of aryl methyl sites for hydroxylation is 1. The van der Waals surface area contributed by atoms with Crippen LogP contribution in [0.4, 0.5) is 5.82 Å². The Hall–Kier alpha value is -3.29. The van der Waals surface area contributed by atoms with Gasteiger partial charge in [-0.05, 0) is 60.2 Å². The van der Waals surface area contributed by atoms with E-state index in [2.05, 4.69) is 9.71 Å². The van der Waals surface area contributed by atoms with Gasteiger partial charge >= 0.3 is 0 Å². The summed E-state index contributed by atoms with van der Waals surface area (Å²) >= 11 is 0. The van der Waals surface area contributed by atoms with Crippen LogP contribution in [0, 0.1) is 0 Å². The van der Waals surface area contributed by atoms with Gasteiger partial charge in [-0.1, -0.05) is 48.5 Å². The fraction of sp³-hybridized carbons (Fsp3) is 0.200. The molecule has 0 aliphatic carbocycles. The van der Waals surface area contributed by atoms with Crippen molar-refractivity contribution < 1.29 is 13.2 Å². The molecule has 0 saturated carbocycles. The second-order valence-electron chi connectivity index (χ2n) is 8.41. The minimum atomic E-state index is -3.86. The van der Waals surface area contributed by atoms with E-state index >= 15 is 0 Å². The molecule has 0 aliphatic heterocycles. The van der Waals surface area contributed by atoms with Crippen LogP contribution in [0.2, 0.25) is 0 Å². The van der Waals surface area contributed by atoms with Crippen molar-refractivity contribution in [2.75, 3.05) is 5.73 Å². The summed E-state index contributed by atoms with van der Waals surface area (Å²) in [6, 6.07) is 20.1. The third-order valence-corrected chi connectivity index (χ3v) is 7.27. The van der Waals surface area contributed by atoms with Gasteiger partial charge in [0.05, 0.1) is 10.4 Å². The number of anilines is 1. The first-order chi connectivity index (χ1) is 15.2. The first-order valence-electron chi connectivity index (χ1n) is 10.3. The molecule has 0 saturated heterocycles. The van der Waals surface area contributed by atoms with Crippen molar-refractivity contribution in [2.24, 2.45) is 0 Å². The number of carbonyl (C=O) groups excluding carboxylic acids is 1. The number of hydrogen-bond donors (Lipinski definition) is 2. The predicted molar refractivity (Wildman–Crippen MR) is 128 cm³/mol. The summed E-state index contributed by atoms with van der Waals surface area (Å²) in [6.45, 7) is 3.20. The zero-order chi connectivity index (χ0) is 22.9. The molecule has 164 valence electrons. The monoisotopic (exact) mass is 447 g/mol. The second-order valence-corrected chi connectivity index (χ2v) is 10.1. The van der Waals surface area contributed by atoms with Crippen molar-refractivity contribution in [2.45, 2.75) is 37.1 Å². The molecule has 3 N–H and O–H groups in total. The maximum absolute atomic E-state index is 13.0. The molecule has 6 nitrogen and oxygen atoms in total. The van der Waals surface area contributed by atoms with Crippen LogP contribution in [-0.2, 0) is 21.2 Å². The topological polar surface area (TPSA) is 102 Å². The third kappa shape index (κ3) is 4.49. The van der Waals surface area contributed by atoms with Gasteiger partial charge in [-0.2, -0.15) is 4.72 Å². The van der Waals surface area contributed by atoms with Crippen LogP contribution in [0.5, 0.6) is 0 Å². The molecule has 1 aromatic heterocycles. The Morgan fingerprint density at radius 2 is 1.72 bits per heavy atom. The lowest BCUT2D eigenvalue weighted by Gasteiger charge is -2.24. The molecule has 0 amide bonds. The van der Waals surface area contributed by atoms with Crippen molar-refractivity contribution >= 4 is 43.2 Å². The molecular weight excluding hydrogens is 422 g/mol. The molecule has 3 aromatic carbocycles. The Bertz CT molecular complexity index is 1430. The van der Waals surface area contributed by atoms with Gasteiger partial charge < -0.3 is 5.73 Å². The molecule has 0 unspecified atom stereocenters. The number of pyridine rings is 1. The van der Waals surface area contributed by atoms with Crippen molar-refractivity contribution in [1.29, 1.82) is 0 Å². The van der Waals surface area contributed by atoms with E-state index in [4.69, 9.17) is 5.73 Å². The summed E-state index contributed by atoms with van der Waals surface area (Å²) in [4.78, 5) is 17.1. The Morgan fingerprint density at radius 1 is 0.969 bits per heavy atom. The lowest BCUT2D eigenvalue weighted by Crippen LogP contribution is -2.49. The van der Waals surface area contributed by atoms with Crippen LogP contribution in [0.3, 0.4) is 0 Å². The lowest BCUT2D eigenvalue weighted by molar-refractivity contribution is -0.123. The van der Waals surface area contributed by atoms with Crippen molar-refractivity contribution in [1.82, 2.24) is 9.71 Å². The molecule has 0 radical (unpaired) electrons. The van der Waals surface area contributed by atoms with E-state index < -0.39 is 15.6 Å². The number of nitrogens with one attached hydrogen (secondary N) is 1. The van der Waals surface area contributed by atoms with E-state index in [9.17, 15) is 13.2 Å². The molecule has 0 fully saturated rings. The SMILES string of the molecule is CC(C)(NS(=O)(=O)c1ccc2ccccc2c1)C(=O)CCc1ccc2c(N)nccc2c1. The number of rotatable bonds is 7. The van der Waals surface area contributed by atoms with Gasteiger partial charge in [0.15, 0.2) is 5.78 Å². The average Bonchev–Trinajstić information content (AvgIpc) is 2.76. The third-order valence-electron chi connectivity index (χ3n) is 5.62. The van der Waals surface area contributed by atoms with Crippen LogP contribution in [0.1, 0.15) is 25.8 Å². The number of sulfonamides is 1. The summed E-state index contributed by atoms with van der Waals surface area (Å²) in [5.74, 6) is 0.283. The quantitative estimate of drug-likeness (QED) is 0.441. The van der Waals surface area contributed by atoms with Gasteiger partial charge in [0.2, 0.25) is 10.0 Å². The number of nitrogens with two attached hydrogens (primary N) is 1. The highest BCUT2D eigenvalue weighted by Gasteiger charge is 2.32. The summed E-state index contributed by atoms with van der Waals surface area (Å²) in [5, 5.41) is 3.60. The number of fused-ring (bicyclic) bond motifs is 2. The van der Waals surface area contributed by atoms with Gasteiger partial charge in [-0.3, -0.25) is 4.79 Å². The van der Waals surface area contributed by atoms with Crippen LogP contribution in [-0.4, -0.2) is 24.7 Å². The van der Waals surface area contributed by atoms with Gasteiger partial charge in [0.25, 0.3) is 0 Å². The van der Waals surface area contributed by atoms with E-state index in [0.29, 0.717) is 12.2 Å². The fourth-order valence-corrected chi connectivity index (χ4v) is 5.20. The molecule has 1 heterocycles. The number of ketones is 1. The average molecular weight is 448 g/mol. The largest absolute Gasteiger partial charge is 0.383 e. The Morgan fingerprint density at radius 3 is 2.50 bits per heavy atom. The highest BCUT2D eigenvalue weighted by Crippen LogP contribution is 2.23. The number of Topliss-reactive ketones (excluding diaryl/α,β-unsaturated/α-hetero) is 1. The molecule has 4 rings (SSSR count). The molecular formula is C25H25N3O3S. The molecule has 0 atom stereocenters. The molecule has 0 bridgehead atoms. The maximum Gasteiger partial charge on any atom is 0.241 e. The minimum absolute atomic E-state index is 0.137. The van der Waals surface area contributed by atoms with Crippen LogP contribution in [0.25, 0.3) is 21.5 Å². The van der Waals surface area contributed by atoms with E-state index in [1.807, 2.05) is 48.5 Å². The van der Waals surface area contributed by atoms with Crippen LogP contribution < -0.4 is 10.5 Å². The molecule has 32 heavy (non-hydrogen) atoms. The van der Waals surface area contributed by atoms with E-state index in [1.54, 1.807) is 38.2 Å². The summed E-state index contributed by atoms with van der Waals surface area (Å²) in [6.07, 6.45) is 2.36. The summed E-state index contributed by atoms with van der Waals surface area (Å²) in [5.41, 5.74) is 5.63. The zero-order valence-corrected chi connectivity index (χ0v) is 18.8. The van der Waals surface area contributed by atoms with Crippen molar-refractivity contribution in [3.05, 3.63) is 78.5 Å². The number of carbonyl (C=O) groups is 1. The number of hydrogen-bond acceptors (Lipinski definition) is 5. The van der Waals surface area contributed by atoms with Gasteiger partial charge in [-0.25, -0.2) is 13.4 Å². The van der Waals surface area contributed by atoms with Gasteiger partial charge in [0, 0.05) is 18.0 Å². The predicted octanol–water partition coefficient (Wildman–Crippen LogP) is 4.23. The molecule has 7 heteroatoms. The summed E-state index contributed by atoms with van der Waals surface area (Å²) in [7, 11) is -3.86. The van der Waals surface area contributed by atoms with Gasteiger partial charge in [-0.15, -0.1) is 0 Å². The highest BCUT2D eigenvalue weighted by molar-refractivity contribution is 7.89. The Labute approximate surface area is 187 Å². The van der Waals surface area contributed by atoms with Gasteiger partial charge in [0.1, 0.15) is 5.82 Å². The fourth-order valence-electron chi connectivity index (χ4n) is 3.76. The van der Waals surface area contributed by atoms with Crippen LogP contribution >= 0.6 is 0 Å². The Kier molecular flexibility index (Phi) is 5.71. The molecule has 4 aromatic rings. The smallest absolute Gasteiger partial charge is 0.241 e. The zero-order valence-electron chi connectivity index (χ0n) is 18.0. The van der Waals surface area contributed by atoms with Crippen molar-refractivity contribution in [3.8, 4) is 0 Å². The van der Waals surface area contributed by atoms with E-state index in [1.165, 1.54) is 0 Å². The first kappa shape index (κ1) is 21.9. The minimum Gasteiger partial charge on any atom is -0.383 e. The van der Waals surface area contributed by atoms with E-state index in [-0.39, 0.29) is 17.1 Å². The Balaban J connectivity index is 1.47.